The molecule has 0 aromatic heterocycles. The van der Waals surface area contributed by atoms with Gasteiger partial charge in [0.2, 0.25) is 15.9 Å². The van der Waals surface area contributed by atoms with Gasteiger partial charge in [0.25, 0.3) is 0 Å². The molecule has 0 aromatic rings. The van der Waals surface area contributed by atoms with Crippen LogP contribution in [-0.4, -0.2) is 57.7 Å². The molecule has 7 heteroatoms. The minimum atomic E-state index is -3.24. The van der Waals surface area contributed by atoms with Crippen LogP contribution in [0.25, 0.3) is 0 Å². The highest BCUT2D eigenvalue weighted by molar-refractivity contribution is 7.89. The van der Waals surface area contributed by atoms with Crippen LogP contribution in [0.4, 0.5) is 0 Å². The van der Waals surface area contributed by atoms with Gasteiger partial charge in [0, 0.05) is 13.1 Å². The molecular weight excluding hydrogens is 242 g/mol. The number of nitrogens with zero attached hydrogens (tertiary/aromatic N) is 1. The van der Waals surface area contributed by atoms with Crippen molar-refractivity contribution in [3.05, 3.63) is 0 Å². The van der Waals surface area contributed by atoms with E-state index in [9.17, 15) is 13.2 Å². The molecule has 1 fully saturated rings. The van der Waals surface area contributed by atoms with E-state index in [1.165, 1.54) is 7.05 Å². The summed E-state index contributed by atoms with van der Waals surface area (Å²) in [5.74, 6) is -0.0157. The Labute approximate surface area is 103 Å². The Kier molecular flexibility index (Phi) is 5.35. The first kappa shape index (κ1) is 14.4. The highest BCUT2D eigenvalue weighted by atomic mass is 32.2. The minimum absolute atomic E-state index is 0.0180. The molecule has 1 heterocycles. The third kappa shape index (κ3) is 4.25. The summed E-state index contributed by atoms with van der Waals surface area (Å²) < 4.78 is 24.8. The smallest absolute Gasteiger partial charge is 0.239 e. The molecule has 1 atom stereocenters. The highest BCUT2D eigenvalue weighted by Gasteiger charge is 2.28. The van der Waals surface area contributed by atoms with Crippen LogP contribution in [0.3, 0.4) is 0 Å². The number of hydrogen-bond acceptors (Lipinski definition) is 4. The van der Waals surface area contributed by atoms with Gasteiger partial charge in [0.05, 0.1) is 11.8 Å². The minimum Gasteiger partial charge on any atom is -0.340 e. The number of rotatable bonds is 6. The maximum atomic E-state index is 12.0. The van der Waals surface area contributed by atoms with Crippen LogP contribution in [0.1, 0.15) is 19.8 Å². The van der Waals surface area contributed by atoms with E-state index in [0.717, 1.165) is 19.4 Å². The van der Waals surface area contributed by atoms with Gasteiger partial charge in [-0.05, 0) is 26.4 Å². The molecular formula is C10H21N3O3S. The third-order valence-corrected chi connectivity index (χ3v) is 4.26. The van der Waals surface area contributed by atoms with Crippen LogP contribution in [0.5, 0.6) is 0 Å². The van der Waals surface area contributed by atoms with E-state index >= 15 is 0 Å². The SMILES string of the molecule is CCNC1CCCN(CCS(=O)(=O)NC)C1=O. The van der Waals surface area contributed by atoms with Crippen molar-refractivity contribution in [3.8, 4) is 0 Å². The van der Waals surface area contributed by atoms with Gasteiger partial charge in [-0.3, -0.25) is 4.79 Å². The highest BCUT2D eigenvalue weighted by Crippen LogP contribution is 2.11. The zero-order valence-electron chi connectivity index (χ0n) is 10.4. The molecule has 2 N–H and O–H groups in total. The van der Waals surface area contributed by atoms with Crippen molar-refractivity contribution in [3.63, 3.8) is 0 Å². The quantitative estimate of drug-likeness (QED) is 0.653. The average molecular weight is 263 g/mol. The van der Waals surface area contributed by atoms with Crippen molar-refractivity contribution in [1.82, 2.24) is 14.9 Å². The normalized spacial score (nSPS) is 21.9. The molecule has 0 saturated carbocycles. The zero-order chi connectivity index (χ0) is 12.9. The summed E-state index contributed by atoms with van der Waals surface area (Å²) in [6.07, 6.45) is 1.75. The van der Waals surface area contributed by atoms with E-state index in [-0.39, 0.29) is 24.2 Å². The van der Waals surface area contributed by atoms with Crippen LogP contribution in [0.2, 0.25) is 0 Å². The van der Waals surface area contributed by atoms with Crippen molar-refractivity contribution < 1.29 is 13.2 Å². The molecule has 1 rings (SSSR count). The second kappa shape index (κ2) is 6.32. The number of likely N-dealkylation sites (tertiary alicyclic amines) is 1. The summed E-state index contributed by atoms with van der Waals surface area (Å²) >= 11 is 0. The third-order valence-electron chi connectivity index (χ3n) is 2.92. The van der Waals surface area contributed by atoms with Crippen molar-refractivity contribution in [2.75, 3.05) is 32.4 Å². The van der Waals surface area contributed by atoms with Crippen LogP contribution in [-0.2, 0) is 14.8 Å². The second-order valence-corrected chi connectivity index (χ2v) is 6.15. The Bertz CT molecular complexity index is 354. The molecule has 100 valence electrons. The molecule has 1 unspecified atom stereocenters. The predicted octanol–water partition coefficient (Wildman–Crippen LogP) is -0.864. The van der Waals surface area contributed by atoms with Crippen molar-refractivity contribution in [1.29, 1.82) is 0 Å². The number of nitrogens with one attached hydrogen (secondary N) is 2. The lowest BCUT2D eigenvalue weighted by atomic mass is 10.1. The lowest BCUT2D eigenvalue weighted by molar-refractivity contribution is -0.135. The molecule has 1 saturated heterocycles. The molecule has 0 aromatic carbocycles. The summed E-state index contributed by atoms with van der Waals surface area (Å²) in [5.41, 5.74) is 0. The summed E-state index contributed by atoms with van der Waals surface area (Å²) in [6.45, 7) is 3.63. The van der Waals surface area contributed by atoms with Gasteiger partial charge < -0.3 is 10.2 Å². The van der Waals surface area contributed by atoms with E-state index in [1.54, 1.807) is 4.90 Å². The number of hydrogen-bond donors (Lipinski definition) is 2. The summed E-state index contributed by atoms with van der Waals surface area (Å²) in [5, 5.41) is 3.12. The topological polar surface area (TPSA) is 78.5 Å². The molecule has 0 spiro atoms. The van der Waals surface area contributed by atoms with Crippen molar-refractivity contribution in [2.24, 2.45) is 0 Å². The Morgan fingerprint density at radius 3 is 2.76 bits per heavy atom. The molecule has 17 heavy (non-hydrogen) atoms. The van der Waals surface area contributed by atoms with Crippen LogP contribution >= 0.6 is 0 Å². The second-order valence-electron chi connectivity index (χ2n) is 4.10. The average Bonchev–Trinajstić information content (AvgIpc) is 2.31. The lowest BCUT2D eigenvalue weighted by Gasteiger charge is -2.32. The number of sulfonamides is 1. The van der Waals surface area contributed by atoms with Gasteiger partial charge in [-0.1, -0.05) is 6.92 Å². The van der Waals surface area contributed by atoms with Gasteiger partial charge in [0.1, 0.15) is 0 Å². The first-order valence-corrected chi connectivity index (χ1v) is 7.58. The van der Waals surface area contributed by atoms with Gasteiger partial charge in [-0.2, -0.15) is 0 Å². The fourth-order valence-corrected chi connectivity index (χ4v) is 2.60. The molecule has 0 radical (unpaired) electrons. The maximum Gasteiger partial charge on any atom is 0.239 e. The Morgan fingerprint density at radius 1 is 1.47 bits per heavy atom. The molecule has 1 aliphatic heterocycles. The maximum absolute atomic E-state index is 12.0. The van der Waals surface area contributed by atoms with E-state index < -0.39 is 10.0 Å². The Morgan fingerprint density at radius 2 is 2.18 bits per heavy atom. The standard InChI is InChI=1S/C10H21N3O3S/c1-3-12-9-5-4-6-13(10(9)14)7-8-17(15,16)11-2/h9,11-12H,3-8H2,1-2H3. The molecule has 1 amide bonds. The Hall–Kier alpha value is -0.660. The van der Waals surface area contributed by atoms with Gasteiger partial charge in [0.15, 0.2) is 0 Å². The predicted molar refractivity (Wildman–Crippen MR) is 66.1 cm³/mol. The number of likely N-dealkylation sites (N-methyl/N-ethyl adjacent to an activating group) is 1. The van der Waals surface area contributed by atoms with Gasteiger partial charge in [-0.15, -0.1) is 0 Å². The summed E-state index contributed by atoms with van der Waals surface area (Å²) in [4.78, 5) is 13.6. The fourth-order valence-electron chi connectivity index (χ4n) is 1.93. The number of piperidine rings is 1. The fraction of sp³-hybridized carbons (Fsp3) is 0.900. The van der Waals surface area contributed by atoms with E-state index in [0.29, 0.717) is 6.54 Å². The molecule has 6 nitrogen and oxygen atoms in total. The van der Waals surface area contributed by atoms with E-state index in [4.69, 9.17) is 0 Å². The van der Waals surface area contributed by atoms with Gasteiger partial charge >= 0.3 is 0 Å². The van der Waals surface area contributed by atoms with Crippen LogP contribution in [0, 0.1) is 0 Å². The lowest BCUT2D eigenvalue weighted by Crippen LogP contribution is -2.51. The monoisotopic (exact) mass is 263 g/mol. The van der Waals surface area contributed by atoms with E-state index in [2.05, 4.69) is 10.0 Å². The number of carbonyl (C=O) groups excluding carboxylic acids is 1. The van der Waals surface area contributed by atoms with Crippen LogP contribution in [0.15, 0.2) is 0 Å². The first-order chi connectivity index (χ1) is 8.00. The van der Waals surface area contributed by atoms with Gasteiger partial charge in [-0.25, -0.2) is 13.1 Å². The summed E-state index contributed by atoms with van der Waals surface area (Å²) in [6, 6.07) is -0.147. The summed E-state index contributed by atoms with van der Waals surface area (Å²) in [7, 11) is -1.85. The van der Waals surface area contributed by atoms with Crippen molar-refractivity contribution >= 4 is 15.9 Å². The number of carbonyl (C=O) groups is 1. The largest absolute Gasteiger partial charge is 0.340 e. The molecule has 0 bridgehead atoms. The first-order valence-electron chi connectivity index (χ1n) is 5.93. The molecule has 1 aliphatic rings. The zero-order valence-corrected chi connectivity index (χ0v) is 11.2. The van der Waals surface area contributed by atoms with E-state index in [1.807, 2.05) is 6.92 Å². The van der Waals surface area contributed by atoms with Crippen molar-refractivity contribution in [2.45, 2.75) is 25.8 Å². The molecule has 0 aliphatic carbocycles. The Balaban J connectivity index is 2.51. The van der Waals surface area contributed by atoms with Crippen LogP contribution < -0.4 is 10.0 Å². The number of amides is 1.